The van der Waals surface area contributed by atoms with E-state index >= 15 is 0 Å². The Kier molecular flexibility index (Phi) is 15.8. The van der Waals surface area contributed by atoms with Crippen LogP contribution >= 0.6 is 0 Å². The molecule has 1 rings (SSSR count). The van der Waals surface area contributed by atoms with Crippen LogP contribution in [0.4, 0.5) is 0 Å². The number of carbonyl (C=O) groups excluding carboxylic acids is 1. The van der Waals surface area contributed by atoms with E-state index in [4.69, 9.17) is 0 Å². The van der Waals surface area contributed by atoms with Crippen LogP contribution in [0.1, 0.15) is 115 Å². The molecule has 0 aromatic heterocycles. The summed E-state index contributed by atoms with van der Waals surface area (Å²) in [7, 11) is 0. The van der Waals surface area contributed by atoms with Crippen molar-refractivity contribution in [3.63, 3.8) is 0 Å². The van der Waals surface area contributed by atoms with Gasteiger partial charge in [-0.15, -0.1) is 0 Å². The minimum absolute atomic E-state index is 0.0327. The average molecular weight is 403 g/mol. The van der Waals surface area contributed by atoms with Gasteiger partial charge in [-0.25, -0.2) is 5.43 Å². The van der Waals surface area contributed by atoms with Crippen molar-refractivity contribution in [2.75, 3.05) is 0 Å². The Labute approximate surface area is 178 Å². The molecule has 2 N–H and O–H groups in total. The third-order valence-electron chi connectivity index (χ3n) is 5.30. The number of rotatable bonds is 18. The summed E-state index contributed by atoms with van der Waals surface area (Å²) in [5.41, 5.74) is 3.41. The van der Waals surface area contributed by atoms with Crippen LogP contribution in [-0.4, -0.2) is 17.2 Å². The van der Waals surface area contributed by atoms with E-state index in [0.29, 0.717) is 6.42 Å². The Balaban J connectivity index is 1.83. The summed E-state index contributed by atoms with van der Waals surface area (Å²) in [5.74, 6) is 0.189. The highest BCUT2D eigenvalue weighted by molar-refractivity contribution is 5.82. The minimum Gasteiger partial charge on any atom is -0.508 e. The topological polar surface area (TPSA) is 61.7 Å². The number of amides is 1. The SMILES string of the molecule is CCCCCCCCCCCCCCCCCC(=O)N/N=C/c1ccc(O)cc1. The second kappa shape index (κ2) is 18.2. The van der Waals surface area contributed by atoms with Gasteiger partial charge in [0.15, 0.2) is 0 Å². The highest BCUT2D eigenvalue weighted by Crippen LogP contribution is 2.13. The van der Waals surface area contributed by atoms with Gasteiger partial charge in [0.05, 0.1) is 6.21 Å². The predicted molar refractivity (Wildman–Crippen MR) is 123 cm³/mol. The molecule has 164 valence electrons. The van der Waals surface area contributed by atoms with E-state index < -0.39 is 0 Å². The van der Waals surface area contributed by atoms with Crippen molar-refractivity contribution in [1.29, 1.82) is 0 Å². The molecule has 29 heavy (non-hydrogen) atoms. The maximum atomic E-state index is 11.8. The van der Waals surface area contributed by atoms with Gasteiger partial charge in [0.25, 0.3) is 0 Å². The third kappa shape index (κ3) is 15.7. The van der Waals surface area contributed by atoms with E-state index in [9.17, 15) is 9.90 Å². The predicted octanol–water partition coefficient (Wildman–Crippen LogP) is 7.10. The van der Waals surface area contributed by atoms with Gasteiger partial charge in [0, 0.05) is 6.42 Å². The molecular formula is C25H42N2O2. The monoisotopic (exact) mass is 402 g/mol. The maximum Gasteiger partial charge on any atom is 0.240 e. The molecular weight excluding hydrogens is 360 g/mol. The number of phenolic OH excluding ortho intramolecular Hbond substituents is 1. The Bertz CT molecular complexity index is 540. The van der Waals surface area contributed by atoms with Gasteiger partial charge in [-0.2, -0.15) is 5.10 Å². The molecule has 0 fully saturated rings. The van der Waals surface area contributed by atoms with Crippen molar-refractivity contribution >= 4 is 12.1 Å². The summed E-state index contributed by atoms with van der Waals surface area (Å²) in [5, 5.41) is 13.2. The van der Waals surface area contributed by atoms with Crippen LogP contribution in [-0.2, 0) is 4.79 Å². The summed E-state index contributed by atoms with van der Waals surface area (Å²) >= 11 is 0. The van der Waals surface area contributed by atoms with Crippen molar-refractivity contribution in [3.05, 3.63) is 29.8 Å². The summed E-state index contributed by atoms with van der Waals surface area (Å²) in [6.07, 6.45) is 22.0. The van der Waals surface area contributed by atoms with Crippen LogP contribution in [0.2, 0.25) is 0 Å². The number of carbonyl (C=O) groups is 1. The van der Waals surface area contributed by atoms with Crippen LogP contribution in [0.25, 0.3) is 0 Å². The second-order valence-electron chi connectivity index (χ2n) is 8.08. The lowest BCUT2D eigenvalue weighted by Crippen LogP contribution is -2.16. The number of hydrogen-bond acceptors (Lipinski definition) is 3. The molecule has 0 aliphatic heterocycles. The van der Waals surface area contributed by atoms with E-state index in [0.717, 1.165) is 18.4 Å². The van der Waals surface area contributed by atoms with Gasteiger partial charge < -0.3 is 5.11 Å². The number of nitrogens with one attached hydrogen (secondary N) is 1. The molecule has 0 saturated heterocycles. The first-order valence-corrected chi connectivity index (χ1v) is 11.8. The van der Waals surface area contributed by atoms with E-state index in [2.05, 4.69) is 17.5 Å². The van der Waals surface area contributed by atoms with Crippen LogP contribution in [0.5, 0.6) is 5.75 Å². The van der Waals surface area contributed by atoms with Gasteiger partial charge >= 0.3 is 0 Å². The normalized spacial score (nSPS) is 11.2. The molecule has 0 heterocycles. The van der Waals surface area contributed by atoms with Gasteiger partial charge in [-0.1, -0.05) is 96.8 Å². The molecule has 0 unspecified atom stereocenters. The van der Waals surface area contributed by atoms with Gasteiger partial charge in [0.1, 0.15) is 5.75 Å². The molecule has 0 radical (unpaired) electrons. The van der Waals surface area contributed by atoms with E-state index in [1.165, 1.54) is 83.5 Å². The lowest BCUT2D eigenvalue weighted by atomic mass is 10.0. The molecule has 0 aliphatic rings. The zero-order valence-corrected chi connectivity index (χ0v) is 18.5. The van der Waals surface area contributed by atoms with Crippen LogP contribution in [0, 0.1) is 0 Å². The molecule has 1 aromatic rings. The van der Waals surface area contributed by atoms with Crippen molar-refractivity contribution in [2.45, 2.75) is 110 Å². The highest BCUT2D eigenvalue weighted by Gasteiger charge is 1.99. The Morgan fingerprint density at radius 3 is 1.72 bits per heavy atom. The number of unbranched alkanes of at least 4 members (excludes halogenated alkanes) is 14. The molecule has 0 spiro atoms. The van der Waals surface area contributed by atoms with Crippen LogP contribution in [0.15, 0.2) is 29.4 Å². The number of aromatic hydroxyl groups is 1. The number of hydrazone groups is 1. The fraction of sp³-hybridized carbons (Fsp3) is 0.680. The molecule has 4 nitrogen and oxygen atoms in total. The first kappa shape index (κ1) is 25.2. The number of phenols is 1. The Hall–Kier alpha value is -1.84. The van der Waals surface area contributed by atoms with Gasteiger partial charge in [0.2, 0.25) is 5.91 Å². The van der Waals surface area contributed by atoms with Crippen molar-refractivity contribution in [3.8, 4) is 5.75 Å². The molecule has 0 atom stereocenters. The lowest BCUT2D eigenvalue weighted by Gasteiger charge is -2.03. The largest absolute Gasteiger partial charge is 0.508 e. The van der Waals surface area contributed by atoms with Crippen molar-refractivity contribution < 1.29 is 9.90 Å². The fourth-order valence-electron chi connectivity index (χ4n) is 3.45. The molecule has 1 amide bonds. The summed E-state index contributed by atoms with van der Waals surface area (Å²) < 4.78 is 0. The first-order chi connectivity index (χ1) is 14.2. The standard InChI is InChI=1S/C25H42N2O2/c1-2-3-4-5-6-7-8-9-10-11-12-13-14-15-16-17-25(29)27-26-22-23-18-20-24(28)21-19-23/h18-22,28H,2-17H2,1H3,(H,27,29)/b26-22+. The fourth-order valence-corrected chi connectivity index (χ4v) is 3.45. The highest BCUT2D eigenvalue weighted by atomic mass is 16.3. The zero-order valence-electron chi connectivity index (χ0n) is 18.5. The molecule has 0 aliphatic carbocycles. The minimum atomic E-state index is -0.0327. The van der Waals surface area contributed by atoms with E-state index in [-0.39, 0.29) is 11.7 Å². The summed E-state index contributed by atoms with van der Waals surface area (Å²) in [6, 6.07) is 6.69. The number of benzene rings is 1. The number of hydrogen-bond donors (Lipinski definition) is 2. The van der Waals surface area contributed by atoms with E-state index in [1.54, 1.807) is 30.5 Å². The van der Waals surface area contributed by atoms with Crippen LogP contribution in [0.3, 0.4) is 0 Å². The molecule has 0 bridgehead atoms. The summed E-state index contributed by atoms with van der Waals surface area (Å²) in [6.45, 7) is 2.27. The smallest absolute Gasteiger partial charge is 0.240 e. The van der Waals surface area contributed by atoms with Crippen LogP contribution < -0.4 is 5.43 Å². The molecule has 0 saturated carbocycles. The first-order valence-electron chi connectivity index (χ1n) is 11.8. The van der Waals surface area contributed by atoms with Gasteiger partial charge in [-0.3, -0.25) is 4.79 Å². The quantitative estimate of drug-likeness (QED) is 0.156. The van der Waals surface area contributed by atoms with E-state index in [1.807, 2.05) is 0 Å². The zero-order chi connectivity index (χ0) is 21.0. The molecule has 1 aromatic carbocycles. The third-order valence-corrected chi connectivity index (χ3v) is 5.30. The van der Waals surface area contributed by atoms with Gasteiger partial charge in [-0.05, 0) is 36.2 Å². The maximum absolute atomic E-state index is 11.8. The Morgan fingerprint density at radius 2 is 1.24 bits per heavy atom. The number of nitrogens with zero attached hydrogens (tertiary/aromatic N) is 1. The average Bonchev–Trinajstić information content (AvgIpc) is 2.72. The Morgan fingerprint density at radius 1 is 0.793 bits per heavy atom. The molecule has 4 heteroatoms. The second-order valence-corrected chi connectivity index (χ2v) is 8.08. The van der Waals surface area contributed by atoms with Crippen molar-refractivity contribution in [1.82, 2.24) is 5.43 Å². The lowest BCUT2D eigenvalue weighted by molar-refractivity contribution is -0.121. The van der Waals surface area contributed by atoms with Crippen molar-refractivity contribution in [2.24, 2.45) is 5.10 Å². The summed E-state index contributed by atoms with van der Waals surface area (Å²) in [4.78, 5) is 11.8.